The summed E-state index contributed by atoms with van der Waals surface area (Å²) in [6.45, 7) is 0.892. The number of aliphatic hydroxyl groups is 1. The molecule has 0 aromatic heterocycles. The van der Waals surface area contributed by atoms with Crippen LogP contribution in [0.5, 0.6) is 0 Å². The van der Waals surface area contributed by atoms with Gasteiger partial charge in [-0.2, -0.15) is 0 Å². The minimum Gasteiger partial charge on any atom is -0.481 e. The van der Waals surface area contributed by atoms with Crippen LogP contribution >= 0.6 is 0 Å². The summed E-state index contributed by atoms with van der Waals surface area (Å²) in [5, 5.41) is 32.2. The van der Waals surface area contributed by atoms with Crippen LogP contribution in [-0.2, 0) is 24.0 Å². The Morgan fingerprint density at radius 2 is 1.81 bits per heavy atom. The third kappa shape index (κ3) is 6.18. The van der Waals surface area contributed by atoms with Crippen molar-refractivity contribution in [1.29, 1.82) is 0 Å². The Labute approximate surface area is 154 Å². The van der Waals surface area contributed by atoms with E-state index in [4.69, 9.17) is 10.8 Å². The number of nitrogens with one attached hydrogen (secondary N) is 2. The molecule has 3 amide bonds. The number of nitrogens with zero attached hydrogens (tertiary/aromatic N) is 1. The molecule has 0 aliphatic carbocycles. The van der Waals surface area contributed by atoms with Crippen molar-refractivity contribution in [3.63, 3.8) is 0 Å². The summed E-state index contributed by atoms with van der Waals surface area (Å²) in [5.41, 5.74) is 5.14. The predicted octanol–water partition coefficient (Wildman–Crippen LogP) is -3.15. The summed E-state index contributed by atoms with van der Waals surface area (Å²) < 4.78 is 0. The molecule has 12 heteroatoms. The van der Waals surface area contributed by atoms with Crippen LogP contribution in [0.1, 0.15) is 26.2 Å². The molecule has 0 aromatic carbocycles. The topological polar surface area (TPSA) is 199 Å². The van der Waals surface area contributed by atoms with Gasteiger partial charge in [-0.1, -0.05) is 0 Å². The second-order valence-corrected chi connectivity index (χ2v) is 6.18. The van der Waals surface area contributed by atoms with Gasteiger partial charge in [0.25, 0.3) is 0 Å². The Kier molecular flexibility index (Phi) is 8.12. The van der Waals surface area contributed by atoms with Crippen molar-refractivity contribution in [2.45, 2.75) is 50.4 Å². The summed E-state index contributed by atoms with van der Waals surface area (Å²) in [6.07, 6.45) is -1.48. The molecule has 1 fully saturated rings. The smallest absolute Gasteiger partial charge is 0.326 e. The third-order valence-corrected chi connectivity index (χ3v) is 4.08. The van der Waals surface area contributed by atoms with Crippen molar-refractivity contribution in [1.82, 2.24) is 15.5 Å². The molecule has 0 aromatic rings. The van der Waals surface area contributed by atoms with Crippen LogP contribution in [0.15, 0.2) is 0 Å². The zero-order valence-corrected chi connectivity index (χ0v) is 14.8. The minimum atomic E-state index is -1.55. The van der Waals surface area contributed by atoms with Gasteiger partial charge in [0.05, 0.1) is 19.1 Å². The molecule has 0 bridgehead atoms. The molecule has 4 atom stereocenters. The number of carboxylic acids is 2. The molecule has 1 aliphatic heterocycles. The minimum absolute atomic E-state index is 0.117. The standard InChI is InChI=1S/C15H24N4O8/c1-7(20)12(18-10(21)6-16)13(24)17-8(5-11(22)23)14(25)19-4-2-3-9(19)15(26)27/h7-9,12,20H,2-6,16H2,1H3,(H,17,24)(H,18,21)(H,22,23)(H,26,27). The number of hydrogen-bond donors (Lipinski definition) is 6. The van der Waals surface area contributed by atoms with Gasteiger partial charge in [0.15, 0.2) is 0 Å². The first kappa shape index (κ1) is 22.3. The maximum atomic E-state index is 12.6. The summed E-state index contributed by atoms with van der Waals surface area (Å²) >= 11 is 0. The first-order chi connectivity index (χ1) is 12.6. The van der Waals surface area contributed by atoms with Crippen molar-refractivity contribution >= 4 is 29.7 Å². The zero-order valence-electron chi connectivity index (χ0n) is 14.8. The Hall–Kier alpha value is -2.73. The quantitative estimate of drug-likeness (QED) is 0.236. The number of likely N-dealkylation sites (tertiary alicyclic amines) is 1. The Morgan fingerprint density at radius 3 is 2.30 bits per heavy atom. The van der Waals surface area contributed by atoms with E-state index in [0.717, 1.165) is 4.90 Å². The van der Waals surface area contributed by atoms with E-state index in [1.54, 1.807) is 0 Å². The van der Waals surface area contributed by atoms with Gasteiger partial charge in [-0.15, -0.1) is 0 Å². The van der Waals surface area contributed by atoms with E-state index < -0.39 is 66.9 Å². The molecule has 1 rings (SSSR count). The Bertz CT molecular complexity index is 609. The van der Waals surface area contributed by atoms with Crippen molar-refractivity contribution in [2.75, 3.05) is 13.1 Å². The van der Waals surface area contributed by atoms with E-state index in [-0.39, 0.29) is 13.0 Å². The normalized spacial score (nSPS) is 19.7. The maximum Gasteiger partial charge on any atom is 0.326 e. The van der Waals surface area contributed by atoms with Gasteiger partial charge < -0.3 is 36.6 Å². The van der Waals surface area contributed by atoms with Crippen LogP contribution < -0.4 is 16.4 Å². The number of carboxylic acid groups (broad SMARTS) is 2. The molecule has 12 nitrogen and oxygen atoms in total. The molecular formula is C15H24N4O8. The molecule has 27 heavy (non-hydrogen) atoms. The summed E-state index contributed by atoms with van der Waals surface area (Å²) in [7, 11) is 0. The van der Waals surface area contributed by atoms with E-state index in [9.17, 15) is 34.2 Å². The predicted molar refractivity (Wildman–Crippen MR) is 89.2 cm³/mol. The highest BCUT2D eigenvalue weighted by atomic mass is 16.4. The van der Waals surface area contributed by atoms with Crippen molar-refractivity contribution in [3.8, 4) is 0 Å². The summed E-state index contributed by atoms with van der Waals surface area (Å²) in [6, 6.07) is -4.11. The maximum absolute atomic E-state index is 12.6. The van der Waals surface area contributed by atoms with Crippen molar-refractivity contribution in [3.05, 3.63) is 0 Å². The van der Waals surface area contributed by atoms with Crippen LogP contribution in [0.4, 0.5) is 0 Å². The first-order valence-corrected chi connectivity index (χ1v) is 8.31. The molecule has 1 saturated heterocycles. The molecule has 152 valence electrons. The van der Waals surface area contributed by atoms with Crippen LogP contribution in [-0.4, -0.2) is 87.2 Å². The lowest BCUT2D eigenvalue weighted by Gasteiger charge is -2.28. The lowest BCUT2D eigenvalue weighted by atomic mass is 10.1. The van der Waals surface area contributed by atoms with E-state index in [1.165, 1.54) is 6.92 Å². The van der Waals surface area contributed by atoms with Gasteiger partial charge >= 0.3 is 11.9 Å². The monoisotopic (exact) mass is 388 g/mol. The van der Waals surface area contributed by atoms with Crippen LogP contribution in [0.25, 0.3) is 0 Å². The molecule has 0 spiro atoms. The van der Waals surface area contributed by atoms with Gasteiger partial charge in [-0.05, 0) is 19.8 Å². The number of carbonyl (C=O) groups is 5. The molecule has 0 radical (unpaired) electrons. The first-order valence-electron chi connectivity index (χ1n) is 8.31. The average molecular weight is 388 g/mol. The third-order valence-electron chi connectivity index (χ3n) is 4.08. The van der Waals surface area contributed by atoms with Crippen LogP contribution in [0.2, 0.25) is 0 Å². The van der Waals surface area contributed by atoms with Crippen LogP contribution in [0, 0.1) is 0 Å². The number of rotatable bonds is 9. The van der Waals surface area contributed by atoms with Gasteiger partial charge in [0, 0.05) is 6.54 Å². The fourth-order valence-electron chi connectivity index (χ4n) is 2.76. The van der Waals surface area contributed by atoms with Crippen molar-refractivity contribution < 1.29 is 39.3 Å². The fraction of sp³-hybridized carbons (Fsp3) is 0.667. The average Bonchev–Trinajstić information content (AvgIpc) is 3.07. The van der Waals surface area contributed by atoms with Gasteiger partial charge in [-0.25, -0.2) is 4.79 Å². The molecule has 0 saturated carbocycles. The van der Waals surface area contributed by atoms with Crippen LogP contribution in [0.3, 0.4) is 0 Å². The number of amides is 3. The van der Waals surface area contributed by atoms with Crippen molar-refractivity contribution in [2.24, 2.45) is 5.73 Å². The summed E-state index contributed by atoms with van der Waals surface area (Å²) in [4.78, 5) is 59.7. The van der Waals surface area contributed by atoms with E-state index >= 15 is 0 Å². The highest BCUT2D eigenvalue weighted by Crippen LogP contribution is 2.19. The molecule has 7 N–H and O–H groups in total. The lowest BCUT2D eigenvalue weighted by molar-refractivity contribution is -0.150. The van der Waals surface area contributed by atoms with E-state index in [0.29, 0.717) is 6.42 Å². The largest absolute Gasteiger partial charge is 0.481 e. The molecular weight excluding hydrogens is 364 g/mol. The second kappa shape index (κ2) is 9.83. The Balaban J connectivity index is 2.97. The van der Waals surface area contributed by atoms with E-state index in [2.05, 4.69) is 10.6 Å². The highest BCUT2D eigenvalue weighted by molar-refractivity contribution is 5.95. The number of hydrogen-bond acceptors (Lipinski definition) is 7. The molecule has 4 unspecified atom stereocenters. The number of nitrogens with two attached hydrogens (primary N) is 1. The Morgan fingerprint density at radius 1 is 1.19 bits per heavy atom. The number of carbonyl (C=O) groups excluding carboxylic acids is 3. The summed E-state index contributed by atoms with van der Waals surface area (Å²) in [5.74, 6) is -5.19. The number of aliphatic hydroxyl groups excluding tert-OH is 1. The second-order valence-electron chi connectivity index (χ2n) is 6.18. The number of aliphatic carboxylic acids is 2. The fourth-order valence-corrected chi connectivity index (χ4v) is 2.76. The lowest BCUT2D eigenvalue weighted by Crippen LogP contribution is -2.59. The SMILES string of the molecule is CC(O)C(NC(=O)CN)C(=O)NC(CC(=O)O)C(=O)N1CCCC1C(=O)O. The molecule has 1 heterocycles. The van der Waals surface area contributed by atoms with Gasteiger partial charge in [0.2, 0.25) is 17.7 Å². The van der Waals surface area contributed by atoms with Gasteiger partial charge in [0.1, 0.15) is 18.1 Å². The van der Waals surface area contributed by atoms with Gasteiger partial charge in [-0.3, -0.25) is 19.2 Å². The zero-order chi connectivity index (χ0) is 20.7. The highest BCUT2D eigenvalue weighted by Gasteiger charge is 2.39. The molecule has 1 aliphatic rings. The van der Waals surface area contributed by atoms with E-state index in [1.807, 2.05) is 0 Å².